The molecule has 7 nitrogen and oxygen atoms in total. The lowest BCUT2D eigenvalue weighted by Crippen LogP contribution is -2.43. The van der Waals surface area contributed by atoms with Crippen LogP contribution in [0.15, 0.2) is 24.3 Å². The number of carbonyl (C=O) groups is 2. The van der Waals surface area contributed by atoms with Crippen LogP contribution in [0.5, 0.6) is 11.5 Å². The Kier molecular flexibility index (Phi) is 4.79. The molecule has 1 aromatic rings. The van der Waals surface area contributed by atoms with Crippen molar-refractivity contribution in [2.45, 2.75) is 49.9 Å². The zero-order valence-electron chi connectivity index (χ0n) is 16.1. The van der Waals surface area contributed by atoms with E-state index in [1.807, 2.05) is 12.1 Å². The molecule has 1 aliphatic carbocycles. The topological polar surface area (TPSA) is 85.3 Å². The van der Waals surface area contributed by atoms with Crippen LogP contribution < -0.4 is 9.47 Å². The third-order valence-electron chi connectivity index (χ3n) is 5.96. The largest absolute Gasteiger partial charge is 0.493 e. The van der Waals surface area contributed by atoms with Gasteiger partial charge >= 0.3 is 11.9 Å². The predicted molar refractivity (Wildman–Crippen MR) is 101 cm³/mol. The molecular formula is C21H25NO6. The van der Waals surface area contributed by atoms with Crippen LogP contribution in [-0.4, -0.2) is 54.9 Å². The van der Waals surface area contributed by atoms with Gasteiger partial charge < -0.3 is 24.2 Å². The summed E-state index contributed by atoms with van der Waals surface area (Å²) in [4.78, 5) is 24.9. The van der Waals surface area contributed by atoms with Crippen molar-refractivity contribution in [2.75, 3.05) is 20.7 Å². The Morgan fingerprint density at radius 3 is 2.93 bits per heavy atom. The number of rotatable bonds is 5. The van der Waals surface area contributed by atoms with Gasteiger partial charge in [0, 0.05) is 18.5 Å². The minimum atomic E-state index is -1.01. The molecule has 0 saturated heterocycles. The van der Waals surface area contributed by atoms with Crippen molar-refractivity contribution in [2.24, 2.45) is 0 Å². The van der Waals surface area contributed by atoms with Crippen molar-refractivity contribution < 1.29 is 28.9 Å². The lowest BCUT2D eigenvalue weighted by molar-refractivity contribution is -0.151. The summed E-state index contributed by atoms with van der Waals surface area (Å²) in [6.45, 7) is 1.79. The van der Waals surface area contributed by atoms with Gasteiger partial charge in [-0.25, -0.2) is 0 Å². The van der Waals surface area contributed by atoms with Crippen LogP contribution in [0.1, 0.15) is 36.8 Å². The molecule has 1 unspecified atom stereocenters. The monoisotopic (exact) mass is 387 g/mol. The molecule has 0 fully saturated rings. The summed E-state index contributed by atoms with van der Waals surface area (Å²) >= 11 is 0. The van der Waals surface area contributed by atoms with Gasteiger partial charge in [-0.3, -0.25) is 9.59 Å². The van der Waals surface area contributed by atoms with Gasteiger partial charge in [-0.1, -0.05) is 12.1 Å². The van der Waals surface area contributed by atoms with Crippen molar-refractivity contribution in [3.8, 4) is 11.5 Å². The molecule has 1 spiro atoms. The van der Waals surface area contributed by atoms with E-state index in [2.05, 4.69) is 24.1 Å². The highest BCUT2D eigenvalue weighted by molar-refractivity contribution is 5.76. The Balaban J connectivity index is 1.62. The molecule has 0 amide bonds. The molecule has 3 aliphatic rings. The van der Waals surface area contributed by atoms with Crippen LogP contribution in [0, 0.1) is 0 Å². The predicted octanol–water partition coefficient (Wildman–Crippen LogP) is 2.27. The first-order valence-electron chi connectivity index (χ1n) is 9.59. The summed E-state index contributed by atoms with van der Waals surface area (Å²) in [5, 5.41) is 8.73. The molecular weight excluding hydrogens is 362 g/mol. The Hall–Kier alpha value is -2.54. The number of hydrogen-bond acceptors (Lipinski definition) is 6. The highest BCUT2D eigenvalue weighted by Crippen LogP contribution is 2.55. The number of esters is 1. The Labute approximate surface area is 163 Å². The molecule has 0 aromatic heterocycles. The van der Waals surface area contributed by atoms with Crippen molar-refractivity contribution in [1.29, 1.82) is 0 Å². The van der Waals surface area contributed by atoms with Crippen LogP contribution in [0.3, 0.4) is 0 Å². The van der Waals surface area contributed by atoms with Gasteiger partial charge in [0.1, 0.15) is 12.2 Å². The minimum absolute atomic E-state index is 0.126. The summed E-state index contributed by atoms with van der Waals surface area (Å²) in [6, 6.07) is 4.06. The molecule has 4 rings (SSSR count). The molecule has 0 radical (unpaired) electrons. The first-order chi connectivity index (χ1) is 13.4. The molecule has 0 bridgehead atoms. The van der Waals surface area contributed by atoms with Gasteiger partial charge in [-0.05, 0) is 37.7 Å². The highest BCUT2D eigenvalue weighted by Gasteiger charge is 2.53. The van der Waals surface area contributed by atoms with E-state index in [1.165, 1.54) is 11.1 Å². The molecule has 1 N–H and O–H groups in total. The summed E-state index contributed by atoms with van der Waals surface area (Å²) in [6.07, 6.45) is 4.60. The second-order valence-electron chi connectivity index (χ2n) is 7.78. The van der Waals surface area contributed by atoms with Crippen molar-refractivity contribution in [3.63, 3.8) is 0 Å². The van der Waals surface area contributed by atoms with Gasteiger partial charge in [0.2, 0.25) is 0 Å². The number of carboxylic acids is 1. The SMILES string of the molecule is COc1ccc2c3c1O[C@H]1CC(OC(=O)CCC(=O)O)C=C[C@@]31CCN(C)C2. The minimum Gasteiger partial charge on any atom is -0.493 e. The summed E-state index contributed by atoms with van der Waals surface area (Å²) < 4.78 is 17.4. The number of carboxylic acid groups (broad SMARTS) is 1. The molecule has 1 aromatic carbocycles. The molecule has 150 valence electrons. The van der Waals surface area contributed by atoms with E-state index >= 15 is 0 Å². The van der Waals surface area contributed by atoms with Crippen LogP contribution in [0.4, 0.5) is 0 Å². The Morgan fingerprint density at radius 1 is 1.36 bits per heavy atom. The molecule has 0 saturated carbocycles. The fourth-order valence-electron chi connectivity index (χ4n) is 4.59. The van der Waals surface area contributed by atoms with E-state index in [1.54, 1.807) is 7.11 Å². The Morgan fingerprint density at radius 2 is 2.18 bits per heavy atom. The van der Waals surface area contributed by atoms with Crippen LogP contribution in [0.2, 0.25) is 0 Å². The first-order valence-corrected chi connectivity index (χ1v) is 9.59. The first kappa shape index (κ1) is 18.8. The molecule has 2 heterocycles. The molecule has 28 heavy (non-hydrogen) atoms. The van der Waals surface area contributed by atoms with Gasteiger partial charge in [0.15, 0.2) is 11.5 Å². The number of nitrogens with zero attached hydrogens (tertiary/aromatic N) is 1. The van der Waals surface area contributed by atoms with Crippen LogP contribution in [0.25, 0.3) is 0 Å². The van der Waals surface area contributed by atoms with Crippen LogP contribution in [-0.2, 0) is 26.3 Å². The third kappa shape index (κ3) is 3.13. The summed E-state index contributed by atoms with van der Waals surface area (Å²) in [5.41, 5.74) is 2.17. The highest BCUT2D eigenvalue weighted by atomic mass is 16.6. The zero-order chi connectivity index (χ0) is 19.9. The fraction of sp³-hybridized carbons (Fsp3) is 0.524. The van der Waals surface area contributed by atoms with Gasteiger partial charge in [0.25, 0.3) is 0 Å². The smallest absolute Gasteiger partial charge is 0.306 e. The quantitative estimate of drug-likeness (QED) is 0.613. The van der Waals surface area contributed by atoms with Gasteiger partial charge in [0.05, 0.1) is 25.4 Å². The number of methoxy groups -OCH3 is 1. The van der Waals surface area contributed by atoms with Crippen molar-refractivity contribution in [3.05, 3.63) is 35.4 Å². The van der Waals surface area contributed by atoms with Crippen molar-refractivity contribution in [1.82, 2.24) is 4.90 Å². The number of hydrogen-bond donors (Lipinski definition) is 1. The second-order valence-corrected chi connectivity index (χ2v) is 7.78. The van der Waals surface area contributed by atoms with E-state index in [-0.39, 0.29) is 24.4 Å². The van der Waals surface area contributed by atoms with Crippen molar-refractivity contribution >= 4 is 11.9 Å². The van der Waals surface area contributed by atoms with Gasteiger partial charge in [-0.2, -0.15) is 0 Å². The normalized spacial score (nSPS) is 27.9. The lowest BCUT2D eigenvalue weighted by atomic mass is 9.69. The van der Waals surface area contributed by atoms with E-state index in [4.69, 9.17) is 19.3 Å². The van der Waals surface area contributed by atoms with E-state index in [9.17, 15) is 9.59 Å². The van der Waals surface area contributed by atoms with E-state index in [0.29, 0.717) is 6.42 Å². The third-order valence-corrected chi connectivity index (χ3v) is 5.96. The number of ether oxygens (including phenoxy) is 3. The molecule has 7 heteroatoms. The summed E-state index contributed by atoms with van der Waals surface area (Å²) in [5.74, 6) is 0.0116. The van der Waals surface area contributed by atoms with E-state index in [0.717, 1.165) is 31.0 Å². The maximum Gasteiger partial charge on any atom is 0.306 e. The lowest BCUT2D eigenvalue weighted by Gasteiger charge is -2.36. The average Bonchev–Trinajstić information content (AvgIpc) is 2.92. The second kappa shape index (κ2) is 7.13. The standard InChI is InChI=1S/C21H25NO6/c1-22-10-9-21-8-7-14(27-18(25)6-5-17(23)24)11-16(21)28-20-15(26-2)4-3-13(12-22)19(20)21/h3-4,7-8,14,16H,5-6,9-12H2,1-2H3,(H,23,24)/t14?,16-,21-/m0/s1. The number of benzene rings is 1. The molecule has 2 aliphatic heterocycles. The maximum absolute atomic E-state index is 12.0. The molecule has 3 atom stereocenters. The number of carbonyl (C=O) groups excluding carboxylic acids is 1. The number of aliphatic carboxylic acids is 1. The van der Waals surface area contributed by atoms with Crippen LogP contribution >= 0.6 is 0 Å². The van der Waals surface area contributed by atoms with Gasteiger partial charge in [-0.15, -0.1) is 0 Å². The fourth-order valence-corrected chi connectivity index (χ4v) is 4.59. The summed E-state index contributed by atoms with van der Waals surface area (Å²) in [7, 11) is 3.76. The van der Waals surface area contributed by atoms with E-state index < -0.39 is 18.0 Å². The zero-order valence-corrected chi connectivity index (χ0v) is 16.1. The maximum atomic E-state index is 12.0. The average molecular weight is 387 g/mol. The Bertz CT molecular complexity index is 834.